The number of nitro benzene ring substituents is 1. The fourth-order valence-electron chi connectivity index (χ4n) is 1.28. The third-order valence-electron chi connectivity index (χ3n) is 1.91. The van der Waals surface area contributed by atoms with Crippen molar-refractivity contribution < 1.29 is 37.3 Å². The molecule has 0 aromatic heterocycles. The summed E-state index contributed by atoms with van der Waals surface area (Å²) in [4.78, 5) is 31.2. The van der Waals surface area contributed by atoms with Gasteiger partial charge in [-0.3, -0.25) is 10.1 Å². The van der Waals surface area contributed by atoms with E-state index in [1.54, 1.807) is 0 Å². The molecule has 0 saturated carbocycles. The predicted octanol–water partition coefficient (Wildman–Crippen LogP) is -0.104. The molecule has 19 heavy (non-hydrogen) atoms. The molecule has 2 N–H and O–H groups in total. The Morgan fingerprint density at radius 3 is 2.16 bits per heavy atom. The first-order valence-electron chi connectivity index (χ1n) is 4.35. The van der Waals surface area contributed by atoms with Crippen LogP contribution in [-0.4, -0.2) is 35.5 Å². The first-order chi connectivity index (χ1) is 8.73. The third-order valence-corrected chi connectivity index (χ3v) is 2.27. The molecular formula is C8H5NO9S. The Bertz CT molecular complexity index is 605. The maximum absolute atomic E-state index is 10.9. The van der Waals surface area contributed by atoms with Gasteiger partial charge < -0.3 is 14.4 Å². The van der Waals surface area contributed by atoms with Gasteiger partial charge in [-0.1, -0.05) is 0 Å². The van der Waals surface area contributed by atoms with Crippen LogP contribution in [0.4, 0.5) is 5.69 Å². The normalized spacial score (nSPS) is 10.2. The zero-order valence-electron chi connectivity index (χ0n) is 8.80. The van der Waals surface area contributed by atoms with Gasteiger partial charge in [0.15, 0.2) is 5.56 Å². The van der Waals surface area contributed by atoms with Gasteiger partial charge in [0, 0.05) is 0 Å². The van der Waals surface area contributed by atoms with Crippen molar-refractivity contribution >= 4 is 28.6 Å². The second kappa shape index (κ2) is 5.30. The molecule has 102 valence electrons. The van der Waals surface area contributed by atoms with Crippen LogP contribution in [0.5, 0.6) is 5.75 Å². The lowest BCUT2D eigenvalue weighted by Gasteiger charge is -2.05. The van der Waals surface area contributed by atoms with Crippen LogP contribution in [0.25, 0.3) is 0 Å². The molecule has 11 heteroatoms. The number of nitro groups is 1. The van der Waals surface area contributed by atoms with Crippen LogP contribution in [0.3, 0.4) is 0 Å². The van der Waals surface area contributed by atoms with E-state index in [4.69, 9.17) is 10.2 Å². The predicted molar refractivity (Wildman–Crippen MR) is 58.0 cm³/mol. The first kappa shape index (κ1) is 14.4. The highest BCUT2D eigenvalue weighted by molar-refractivity contribution is 7.67. The van der Waals surface area contributed by atoms with Crippen molar-refractivity contribution in [3.63, 3.8) is 0 Å². The maximum Gasteiger partial charge on any atom is 0.343 e. The lowest BCUT2D eigenvalue weighted by atomic mass is 10.0. The number of hydrogen-bond acceptors (Lipinski definition) is 7. The summed E-state index contributed by atoms with van der Waals surface area (Å²) in [6.45, 7) is 0. The summed E-state index contributed by atoms with van der Waals surface area (Å²) in [7, 11) is -3.43. The summed E-state index contributed by atoms with van der Waals surface area (Å²) in [5, 5.41) is 28.3. The summed E-state index contributed by atoms with van der Waals surface area (Å²) in [5.41, 5.74) is -3.10. The van der Waals surface area contributed by atoms with Crippen molar-refractivity contribution in [2.24, 2.45) is 0 Å². The number of thiol groups is 1. The zero-order valence-corrected chi connectivity index (χ0v) is 9.70. The minimum atomic E-state index is -3.43. The minimum absolute atomic E-state index is 0.515. The van der Waals surface area contributed by atoms with E-state index in [2.05, 4.69) is 4.18 Å². The molecule has 0 spiro atoms. The number of carboxylic acid groups (broad SMARTS) is 2. The van der Waals surface area contributed by atoms with E-state index in [0.717, 1.165) is 0 Å². The van der Waals surface area contributed by atoms with Crippen molar-refractivity contribution in [2.45, 2.75) is 0 Å². The summed E-state index contributed by atoms with van der Waals surface area (Å²) in [5.74, 6) is -4.26. The van der Waals surface area contributed by atoms with E-state index in [1.165, 1.54) is 0 Å². The van der Waals surface area contributed by atoms with Gasteiger partial charge in [0.25, 0.3) is 16.7 Å². The number of aromatic carboxylic acids is 2. The van der Waals surface area contributed by atoms with E-state index in [9.17, 15) is 28.1 Å². The molecule has 0 aliphatic heterocycles. The quantitative estimate of drug-likeness (QED) is 0.382. The lowest BCUT2D eigenvalue weighted by molar-refractivity contribution is -0.385. The number of carbonyl (C=O) groups is 2. The zero-order chi connectivity index (χ0) is 14.7. The Kier molecular flexibility index (Phi) is 4.01. The van der Waals surface area contributed by atoms with Crippen molar-refractivity contribution in [3.05, 3.63) is 33.4 Å². The number of hydrogen-bond donors (Lipinski definition) is 3. The van der Waals surface area contributed by atoms with Gasteiger partial charge in [-0.2, -0.15) is 8.42 Å². The molecular weight excluding hydrogens is 286 g/mol. The van der Waals surface area contributed by atoms with Gasteiger partial charge >= 0.3 is 11.9 Å². The fraction of sp³-hybridized carbons (Fsp3) is 0. The number of carboxylic acids is 2. The molecule has 0 bridgehead atoms. The maximum atomic E-state index is 10.9. The van der Waals surface area contributed by atoms with Crippen LogP contribution in [0, 0.1) is 10.1 Å². The average molecular weight is 291 g/mol. The average Bonchev–Trinajstić information content (AvgIpc) is 2.26. The molecule has 0 fully saturated rings. The second-order valence-electron chi connectivity index (χ2n) is 3.05. The largest absolute Gasteiger partial charge is 0.478 e. The molecule has 0 saturated heterocycles. The van der Waals surface area contributed by atoms with E-state index >= 15 is 0 Å². The van der Waals surface area contributed by atoms with Crippen molar-refractivity contribution in [3.8, 4) is 5.75 Å². The van der Waals surface area contributed by atoms with Crippen molar-refractivity contribution in [1.82, 2.24) is 0 Å². The van der Waals surface area contributed by atoms with Crippen molar-refractivity contribution in [2.75, 3.05) is 0 Å². The number of benzene rings is 1. The molecule has 1 rings (SSSR count). The van der Waals surface area contributed by atoms with E-state index in [1.807, 2.05) is 0 Å². The van der Waals surface area contributed by atoms with Crippen LogP contribution >= 0.6 is 0 Å². The van der Waals surface area contributed by atoms with Gasteiger partial charge in [-0.15, -0.1) is 0 Å². The van der Waals surface area contributed by atoms with Gasteiger partial charge in [0.05, 0.1) is 16.6 Å². The fourth-order valence-corrected chi connectivity index (χ4v) is 1.55. The number of nitrogens with zero attached hydrogens (tertiary/aromatic N) is 1. The standard InChI is InChI=1S/C8H5NO9S/c10-7(11)4-1-3(18-19(16)17)2-5(9(14)15)6(4)8(12)13/h1-2,19H,(H,10,11)(H,12,13). The van der Waals surface area contributed by atoms with E-state index in [-0.39, 0.29) is 0 Å². The second-order valence-corrected chi connectivity index (χ2v) is 3.68. The molecule has 0 heterocycles. The van der Waals surface area contributed by atoms with Gasteiger partial charge in [-0.25, -0.2) is 9.59 Å². The van der Waals surface area contributed by atoms with Gasteiger partial charge in [0.1, 0.15) is 5.75 Å². The highest BCUT2D eigenvalue weighted by Gasteiger charge is 2.29. The Morgan fingerprint density at radius 1 is 1.21 bits per heavy atom. The molecule has 0 atom stereocenters. The minimum Gasteiger partial charge on any atom is -0.478 e. The molecule has 1 aromatic carbocycles. The summed E-state index contributed by atoms with van der Waals surface area (Å²) < 4.78 is 24.8. The van der Waals surface area contributed by atoms with E-state index < -0.39 is 50.4 Å². The summed E-state index contributed by atoms with van der Waals surface area (Å²) >= 11 is 0. The molecule has 10 nitrogen and oxygen atoms in total. The highest BCUT2D eigenvalue weighted by Crippen LogP contribution is 2.29. The Hall–Kier alpha value is -2.69. The summed E-state index contributed by atoms with van der Waals surface area (Å²) in [6.07, 6.45) is 0. The van der Waals surface area contributed by atoms with Crippen LogP contribution in [-0.2, 0) is 11.0 Å². The Labute approximate surface area is 106 Å². The first-order valence-corrected chi connectivity index (χ1v) is 5.45. The molecule has 0 unspecified atom stereocenters. The lowest BCUT2D eigenvalue weighted by Crippen LogP contribution is -2.12. The van der Waals surface area contributed by atoms with Gasteiger partial charge in [0.2, 0.25) is 0 Å². The molecule has 1 aromatic rings. The van der Waals surface area contributed by atoms with Gasteiger partial charge in [-0.05, 0) is 6.07 Å². The van der Waals surface area contributed by atoms with E-state index in [0.29, 0.717) is 12.1 Å². The highest BCUT2D eigenvalue weighted by atomic mass is 32.2. The molecule has 0 aliphatic rings. The van der Waals surface area contributed by atoms with Crippen LogP contribution < -0.4 is 4.18 Å². The smallest absolute Gasteiger partial charge is 0.343 e. The molecule has 0 aliphatic carbocycles. The van der Waals surface area contributed by atoms with Crippen molar-refractivity contribution in [1.29, 1.82) is 0 Å². The Morgan fingerprint density at radius 2 is 1.79 bits per heavy atom. The number of rotatable bonds is 5. The third kappa shape index (κ3) is 3.16. The van der Waals surface area contributed by atoms with Crippen LogP contribution in [0.2, 0.25) is 0 Å². The van der Waals surface area contributed by atoms with Crippen LogP contribution in [0.15, 0.2) is 12.1 Å². The van der Waals surface area contributed by atoms with Crippen LogP contribution in [0.1, 0.15) is 20.7 Å². The molecule has 0 amide bonds. The summed E-state index contributed by atoms with van der Waals surface area (Å²) in [6, 6.07) is 1.09. The monoisotopic (exact) mass is 291 g/mol. The molecule has 0 radical (unpaired) electrons. The SMILES string of the molecule is O=C(O)c1cc(O[SH](=O)=O)cc([N+](=O)[O-])c1C(=O)O. The Balaban J connectivity index is 3.66. The topological polar surface area (TPSA) is 161 Å².